The first-order valence-electron chi connectivity index (χ1n) is 6.46. The first-order valence-corrected chi connectivity index (χ1v) is 6.84. The summed E-state index contributed by atoms with van der Waals surface area (Å²) >= 11 is 5.81. The third-order valence-electron chi connectivity index (χ3n) is 3.28. The van der Waals surface area contributed by atoms with Gasteiger partial charge in [0, 0.05) is 21.4 Å². The fourth-order valence-electron chi connectivity index (χ4n) is 2.20. The van der Waals surface area contributed by atoms with Gasteiger partial charge in [0.2, 0.25) is 0 Å². The highest BCUT2D eigenvalue weighted by molar-refractivity contribution is 6.30. The fourth-order valence-corrected chi connectivity index (χ4v) is 2.33. The largest absolute Gasteiger partial charge is 0.507 e. The highest BCUT2D eigenvalue weighted by Gasteiger charge is 2.11. The molecule has 0 saturated heterocycles. The van der Waals surface area contributed by atoms with Crippen molar-refractivity contribution in [3.63, 3.8) is 0 Å². The summed E-state index contributed by atoms with van der Waals surface area (Å²) in [6.45, 7) is 0.159. The molecule has 3 rings (SSSR count). The second kappa shape index (κ2) is 5.54. The molecule has 0 bridgehead atoms. The maximum Gasteiger partial charge on any atom is 0.130 e. The zero-order valence-corrected chi connectivity index (χ0v) is 11.8. The molecule has 0 heterocycles. The Morgan fingerprint density at radius 3 is 2.29 bits per heavy atom. The molecule has 0 aliphatic carbocycles. The molecule has 3 aromatic carbocycles. The van der Waals surface area contributed by atoms with Gasteiger partial charge in [-0.25, -0.2) is 0 Å². The average Bonchev–Trinajstić information content (AvgIpc) is 2.51. The van der Waals surface area contributed by atoms with Crippen molar-refractivity contribution in [3.05, 3.63) is 65.2 Å². The van der Waals surface area contributed by atoms with E-state index in [9.17, 15) is 10.2 Å². The van der Waals surface area contributed by atoms with Gasteiger partial charge in [-0.2, -0.15) is 0 Å². The number of hydrogen-bond acceptors (Lipinski definition) is 3. The van der Waals surface area contributed by atoms with Crippen molar-refractivity contribution in [2.75, 3.05) is 0 Å². The number of halogens is 1. The molecule has 4 heteroatoms. The maximum atomic E-state index is 10.3. The standard InChI is InChI=1S/C17H13ClO3/c18-12-5-7-13(8-6-12)21-10-11-9-16(19)14-3-1-2-4-15(14)17(11)20/h1-9,19-20H,10H2. The van der Waals surface area contributed by atoms with E-state index in [2.05, 4.69) is 0 Å². The second-order valence-corrected chi connectivity index (χ2v) is 5.13. The van der Waals surface area contributed by atoms with Crippen LogP contribution in [0.5, 0.6) is 17.2 Å². The van der Waals surface area contributed by atoms with E-state index >= 15 is 0 Å². The van der Waals surface area contributed by atoms with Crippen molar-refractivity contribution in [2.45, 2.75) is 6.61 Å². The van der Waals surface area contributed by atoms with Crippen molar-refractivity contribution >= 4 is 22.4 Å². The Bertz CT molecular complexity index is 782. The van der Waals surface area contributed by atoms with E-state index in [-0.39, 0.29) is 18.1 Å². The molecule has 0 aliphatic heterocycles. The van der Waals surface area contributed by atoms with Gasteiger partial charge in [0.1, 0.15) is 23.9 Å². The monoisotopic (exact) mass is 300 g/mol. The van der Waals surface area contributed by atoms with Crippen LogP contribution in [0.2, 0.25) is 5.02 Å². The summed E-state index contributed by atoms with van der Waals surface area (Å²) in [6, 6.07) is 15.6. The molecule has 2 N–H and O–H groups in total. The SMILES string of the molecule is Oc1cc(COc2ccc(Cl)cc2)c(O)c2ccccc12. The number of benzene rings is 3. The van der Waals surface area contributed by atoms with Crippen LogP contribution < -0.4 is 4.74 Å². The van der Waals surface area contributed by atoms with Crippen LogP contribution in [0.1, 0.15) is 5.56 Å². The lowest BCUT2D eigenvalue weighted by Crippen LogP contribution is -1.96. The lowest BCUT2D eigenvalue weighted by molar-refractivity contribution is 0.299. The summed E-state index contributed by atoms with van der Waals surface area (Å²) in [4.78, 5) is 0. The molecule has 0 saturated carbocycles. The second-order valence-electron chi connectivity index (χ2n) is 4.69. The molecule has 0 amide bonds. The Morgan fingerprint density at radius 1 is 0.905 bits per heavy atom. The van der Waals surface area contributed by atoms with Crippen LogP contribution in [0.25, 0.3) is 10.8 Å². The van der Waals surface area contributed by atoms with Gasteiger partial charge in [-0.05, 0) is 30.3 Å². The van der Waals surface area contributed by atoms with Gasteiger partial charge in [0.25, 0.3) is 0 Å². The highest BCUT2D eigenvalue weighted by atomic mass is 35.5. The van der Waals surface area contributed by atoms with E-state index in [0.29, 0.717) is 27.1 Å². The summed E-state index contributed by atoms with van der Waals surface area (Å²) in [5, 5.41) is 22.2. The van der Waals surface area contributed by atoms with Gasteiger partial charge in [0.05, 0.1) is 0 Å². The van der Waals surface area contributed by atoms with E-state index in [1.54, 1.807) is 36.4 Å². The van der Waals surface area contributed by atoms with Crippen LogP contribution in [-0.2, 0) is 6.61 Å². The van der Waals surface area contributed by atoms with Crippen LogP contribution >= 0.6 is 11.6 Å². The van der Waals surface area contributed by atoms with Gasteiger partial charge in [0.15, 0.2) is 0 Å². The first-order chi connectivity index (χ1) is 10.1. The van der Waals surface area contributed by atoms with E-state index in [4.69, 9.17) is 16.3 Å². The summed E-state index contributed by atoms with van der Waals surface area (Å²) in [6.07, 6.45) is 0. The number of phenolic OH excluding ortho intramolecular Hbond substituents is 2. The summed E-state index contributed by atoms with van der Waals surface area (Å²) in [7, 11) is 0. The van der Waals surface area contributed by atoms with Gasteiger partial charge in [-0.3, -0.25) is 0 Å². The van der Waals surface area contributed by atoms with Gasteiger partial charge < -0.3 is 14.9 Å². The lowest BCUT2D eigenvalue weighted by Gasteiger charge is -2.11. The summed E-state index contributed by atoms with van der Waals surface area (Å²) in [5.74, 6) is 0.891. The zero-order valence-electron chi connectivity index (χ0n) is 11.1. The lowest BCUT2D eigenvalue weighted by atomic mass is 10.0. The molecular formula is C17H13ClO3. The Balaban J connectivity index is 1.90. The van der Waals surface area contributed by atoms with E-state index in [1.807, 2.05) is 12.1 Å². The number of fused-ring (bicyclic) bond motifs is 1. The predicted octanol–water partition coefficient (Wildman–Crippen LogP) is 4.48. The predicted molar refractivity (Wildman–Crippen MR) is 83.1 cm³/mol. The maximum absolute atomic E-state index is 10.3. The molecule has 0 spiro atoms. The zero-order chi connectivity index (χ0) is 14.8. The van der Waals surface area contributed by atoms with Crippen LogP contribution in [0.4, 0.5) is 0 Å². The molecule has 0 aromatic heterocycles. The topological polar surface area (TPSA) is 49.7 Å². The normalized spacial score (nSPS) is 10.7. The van der Waals surface area contributed by atoms with Crippen molar-refractivity contribution in [3.8, 4) is 17.2 Å². The Labute approximate surface area is 127 Å². The van der Waals surface area contributed by atoms with E-state index in [0.717, 1.165) is 0 Å². The summed E-state index contributed by atoms with van der Waals surface area (Å²) in [5.41, 5.74) is 0.529. The number of hydrogen-bond donors (Lipinski definition) is 2. The average molecular weight is 301 g/mol. The Morgan fingerprint density at radius 2 is 1.57 bits per heavy atom. The Kier molecular flexibility index (Phi) is 3.59. The molecule has 0 aliphatic rings. The van der Waals surface area contributed by atoms with E-state index in [1.165, 1.54) is 6.07 Å². The fraction of sp³-hybridized carbons (Fsp3) is 0.0588. The van der Waals surface area contributed by atoms with Crippen LogP contribution in [0.3, 0.4) is 0 Å². The van der Waals surface area contributed by atoms with Crippen molar-refractivity contribution in [2.24, 2.45) is 0 Å². The van der Waals surface area contributed by atoms with Crippen LogP contribution in [0.15, 0.2) is 54.6 Å². The highest BCUT2D eigenvalue weighted by Crippen LogP contribution is 2.35. The molecule has 0 atom stereocenters. The number of ether oxygens (including phenoxy) is 1. The number of phenols is 2. The third kappa shape index (κ3) is 2.73. The molecular weight excluding hydrogens is 288 g/mol. The van der Waals surface area contributed by atoms with Crippen LogP contribution in [0, 0.1) is 0 Å². The van der Waals surface area contributed by atoms with Gasteiger partial charge in [-0.1, -0.05) is 35.9 Å². The number of rotatable bonds is 3. The van der Waals surface area contributed by atoms with Crippen molar-refractivity contribution < 1.29 is 14.9 Å². The molecule has 0 unspecified atom stereocenters. The molecule has 3 nitrogen and oxygen atoms in total. The van der Waals surface area contributed by atoms with E-state index < -0.39 is 0 Å². The number of aromatic hydroxyl groups is 2. The summed E-state index contributed by atoms with van der Waals surface area (Å²) < 4.78 is 5.60. The smallest absolute Gasteiger partial charge is 0.130 e. The third-order valence-corrected chi connectivity index (χ3v) is 3.53. The molecule has 21 heavy (non-hydrogen) atoms. The minimum Gasteiger partial charge on any atom is -0.507 e. The van der Waals surface area contributed by atoms with Crippen LogP contribution in [-0.4, -0.2) is 10.2 Å². The molecule has 0 radical (unpaired) electrons. The quantitative estimate of drug-likeness (QED) is 0.701. The van der Waals surface area contributed by atoms with Crippen molar-refractivity contribution in [1.82, 2.24) is 0 Å². The minimum absolute atomic E-state index is 0.123. The first kappa shape index (κ1) is 13.6. The Hall–Kier alpha value is -2.39. The molecule has 0 fully saturated rings. The molecule has 3 aromatic rings. The minimum atomic E-state index is 0.123. The molecule has 106 valence electrons. The van der Waals surface area contributed by atoms with Crippen molar-refractivity contribution in [1.29, 1.82) is 0 Å². The van der Waals surface area contributed by atoms with Gasteiger partial charge in [-0.15, -0.1) is 0 Å². The van der Waals surface area contributed by atoms with Gasteiger partial charge >= 0.3 is 0 Å².